The highest BCUT2D eigenvalue weighted by atomic mass is 35.5. The van der Waals surface area contributed by atoms with Crippen LogP contribution in [-0.2, 0) is 23.2 Å². The zero-order valence-corrected chi connectivity index (χ0v) is 19.0. The lowest BCUT2D eigenvalue weighted by molar-refractivity contribution is -0.123. The van der Waals surface area contributed by atoms with E-state index in [1.165, 1.54) is 36.4 Å². The molecule has 0 unspecified atom stereocenters. The van der Waals surface area contributed by atoms with Gasteiger partial charge in [0.15, 0.2) is 13.2 Å². The first-order chi connectivity index (χ1) is 14.2. The van der Waals surface area contributed by atoms with E-state index in [2.05, 4.69) is 0 Å². The minimum absolute atomic E-state index is 0.299. The summed E-state index contributed by atoms with van der Waals surface area (Å²) in [6.07, 6.45) is 0. The molecule has 0 fully saturated rings. The Morgan fingerprint density at radius 3 is 1.30 bits per heavy atom. The molecule has 0 bridgehead atoms. The van der Waals surface area contributed by atoms with Crippen molar-refractivity contribution in [2.45, 2.75) is 0 Å². The Kier molecular flexibility index (Phi) is 10.3. The number of rotatable bonds is 12. The maximum absolute atomic E-state index is 11.7. The quantitative estimate of drug-likeness (QED) is 0.341. The molecule has 0 aliphatic heterocycles. The van der Waals surface area contributed by atoms with Crippen molar-refractivity contribution in [3.63, 3.8) is 0 Å². The molecular formula is C18H14Cl4O7P+. The Labute approximate surface area is 193 Å². The van der Waals surface area contributed by atoms with Crippen molar-refractivity contribution < 1.29 is 32.7 Å². The molecule has 0 spiro atoms. The summed E-state index contributed by atoms with van der Waals surface area (Å²) in [4.78, 5) is 23.5. The van der Waals surface area contributed by atoms with Gasteiger partial charge >= 0.3 is 8.25 Å². The second-order valence-corrected chi connectivity index (χ2v) is 8.34. The van der Waals surface area contributed by atoms with Crippen molar-refractivity contribution in [2.75, 3.05) is 26.4 Å². The molecule has 0 amide bonds. The van der Waals surface area contributed by atoms with Crippen molar-refractivity contribution in [3.05, 3.63) is 56.5 Å². The van der Waals surface area contributed by atoms with Crippen LogP contribution in [0.2, 0.25) is 20.1 Å². The number of hydrogen-bond acceptors (Lipinski definition) is 7. The Hall–Kier alpha value is -1.44. The highest BCUT2D eigenvalue weighted by Crippen LogP contribution is 2.26. The molecule has 0 N–H and O–H groups in total. The average Bonchev–Trinajstić information content (AvgIpc) is 2.66. The van der Waals surface area contributed by atoms with Gasteiger partial charge in [0.25, 0.3) is 0 Å². The van der Waals surface area contributed by atoms with Crippen LogP contribution in [0.1, 0.15) is 0 Å². The minimum Gasteiger partial charge on any atom is -0.486 e. The molecule has 0 aliphatic rings. The molecule has 2 aromatic carbocycles. The average molecular weight is 515 g/mol. The zero-order chi connectivity index (χ0) is 22.1. The van der Waals surface area contributed by atoms with Crippen LogP contribution in [0, 0.1) is 0 Å². The fraction of sp³-hybridized carbons (Fsp3) is 0.222. The Balaban J connectivity index is 1.63. The first-order valence-corrected chi connectivity index (χ1v) is 10.8. The van der Waals surface area contributed by atoms with E-state index in [1.54, 1.807) is 0 Å². The van der Waals surface area contributed by atoms with E-state index in [-0.39, 0.29) is 13.2 Å². The summed E-state index contributed by atoms with van der Waals surface area (Å²) < 4.78 is 31.6. The van der Waals surface area contributed by atoms with Gasteiger partial charge in [-0.25, -0.2) is 0 Å². The zero-order valence-electron chi connectivity index (χ0n) is 15.1. The van der Waals surface area contributed by atoms with Gasteiger partial charge in [-0.1, -0.05) is 46.4 Å². The van der Waals surface area contributed by atoms with Crippen LogP contribution in [0.4, 0.5) is 0 Å². The predicted molar refractivity (Wildman–Crippen MR) is 113 cm³/mol. The van der Waals surface area contributed by atoms with Gasteiger partial charge in [0.1, 0.15) is 24.7 Å². The lowest BCUT2D eigenvalue weighted by Gasteiger charge is -2.05. The van der Waals surface area contributed by atoms with Crippen molar-refractivity contribution in [1.82, 2.24) is 0 Å². The van der Waals surface area contributed by atoms with E-state index >= 15 is 0 Å². The van der Waals surface area contributed by atoms with Crippen molar-refractivity contribution in [3.8, 4) is 11.5 Å². The molecule has 7 nitrogen and oxygen atoms in total. The molecule has 2 aromatic rings. The highest BCUT2D eigenvalue weighted by molar-refractivity contribution is 7.33. The van der Waals surface area contributed by atoms with E-state index in [0.717, 1.165) is 0 Å². The van der Waals surface area contributed by atoms with Gasteiger partial charge in [-0.05, 0) is 36.4 Å². The van der Waals surface area contributed by atoms with Crippen LogP contribution in [-0.4, -0.2) is 38.0 Å². The molecule has 30 heavy (non-hydrogen) atoms. The molecule has 0 radical (unpaired) electrons. The second kappa shape index (κ2) is 12.4. The molecule has 0 heterocycles. The van der Waals surface area contributed by atoms with Gasteiger partial charge in [0, 0.05) is 24.7 Å². The monoisotopic (exact) mass is 513 g/mol. The molecule has 2 rings (SSSR count). The topological polar surface area (TPSA) is 88.1 Å². The van der Waals surface area contributed by atoms with E-state index in [4.69, 9.17) is 64.9 Å². The van der Waals surface area contributed by atoms with Crippen molar-refractivity contribution >= 4 is 66.2 Å². The summed E-state index contributed by atoms with van der Waals surface area (Å²) in [5.41, 5.74) is 0. The number of halogens is 4. The first kappa shape index (κ1) is 24.8. The van der Waals surface area contributed by atoms with Crippen LogP contribution in [0.25, 0.3) is 0 Å². The maximum atomic E-state index is 11.7. The summed E-state index contributed by atoms with van der Waals surface area (Å²) in [5.74, 6) is -0.419. The van der Waals surface area contributed by atoms with Gasteiger partial charge in [0.2, 0.25) is 11.6 Å². The van der Waals surface area contributed by atoms with E-state index in [9.17, 15) is 14.2 Å². The number of carbonyl (C=O) groups excluding carboxylic acids is 2. The first-order valence-electron chi connectivity index (χ1n) is 8.15. The number of ether oxygens (including phenoxy) is 2. The molecule has 0 atom stereocenters. The third-order valence-electron chi connectivity index (χ3n) is 3.13. The fourth-order valence-corrected chi connectivity index (χ4v) is 3.51. The number of carbonyl (C=O) groups is 2. The second-order valence-electron chi connectivity index (χ2n) is 5.64. The van der Waals surface area contributed by atoms with E-state index < -0.39 is 33.0 Å². The van der Waals surface area contributed by atoms with E-state index in [0.29, 0.717) is 31.6 Å². The largest absolute Gasteiger partial charge is 0.698 e. The molecule has 0 saturated heterocycles. The predicted octanol–water partition coefficient (Wildman–Crippen LogP) is 5.59. The lowest BCUT2D eigenvalue weighted by Crippen LogP contribution is -2.17. The van der Waals surface area contributed by atoms with Crippen LogP contribution in [0.3, 0.4) is 0 Å². The molecule has 160 valence electrons. The third kappa shape index (κ3) is 9.58. The Morgan fingerprint density at radius 2 is 0.967 bits per heavy atom. The van der Waals surface area contributed by atoms with Crippen molar-refractivity contribution in [2.24, 2.45) is 0 Å². The Morgan fingerprint density at radius 1 is 0.633 bits per heavy atom. The maximum Gasteiger partial charge on any atom is 0.698 e. The highest BCUT2D eigenvalue weighted by Gasteiger charge is 2.24. The number of benzene rings is 2. The minimum atomic E-state index is -2.68. The summed E-state index contributed by atoms with van der Waals surface area (Å²) >= 11 is 23.3. The van der Waals surface area contributed by atoms with Gasteiger partial charge in [0.05, 0.1) is 0 Å². The summed E-state index contributed by atoms with van der Waals surface area (Å²) in [5, 5.41) is 1.41. The fourth-order valence-electron chi connectivity index (χ4n) is 1.92. The number of hydrogen-bond donors (Lipinski definition) is 0. The smallest absolute Gasteiger partial charge is 0.486 e. The van der Waals surface area contributed by atoms with Gasteiger partial charge in [-0.2, -0.15) is 0 Å². The van der Waals surface area contributed by atoms with Crippen molar-refractivity contribution in [1.29, 1.82) is 0 Å². The standard InChI is InChI=1S/C18H14Cl4O7P/c19-11-1-12(20)4-17(3-11)26-7-15(23)9-28-30(25)29-10-16(24)8-27-18-5-13(21)2-14(22)6-18/h1-6H,7-10H2/q+1. The van der Waals surface area contributed by atoms with Crippen LogP contribution in [0.5, 0.6) is 11.5 Å². The third-order valence-corrected chi connectivity index (χ3v) is 4.69. The van der Waals surface area contributed by atoms with Gasteiger partial charge in [-0.3, -0.25) is 9.59 Å². The molecule has 12 heteroatoms. The number of Topliss-reactive ketones (excluding diaryl/α,β-unsaturated/α-hetero) is 2. The summed E-state index contributed by atoms with van der Waals surface area (Å²) in [7, 11) is -2.68. The lowest BCUT2D eigenvalue weighted by atomic mass is 10.3. The summed E-state index contributed by atoms with van der Waals surface area (Å²) in [6, 6.07) is 8.96. The van der Waals surface area contributed by atoms with Gasteiger partial charge < -0.3 is 9.47 Å². The molecule has 0 aromatic heterocycles. The van der Waals surface area contributed by atoms with E-state index in [1.807, 2.05) is 0 Å². The SMILES string of the molecule is O=C(COc1cc(Cl)cc(Cl)c1)CO[P+](=O)OCC(=O)COc1cc(Cl)cc(Cl)c1. The molecule has 0 aliphatic carbocycles. The van der Waals surface area contributed by atoms with Crippen LogP contribution >= 0.6 is 54.7 Å². The Bertz CT molecular complexity index is 825. The summed E-state index contributed by atoms with van der Waals surface area (Å²) in [6.45, 7) is -1.77. The normalized spacial score (nSPS) is 10.5. The van der Waals surface area contributed by atoms with Gasteiger partial charge in [-0.15, -0.1) is 9.05 Å². The number of ketones is 2. The van der Waals surface area contributed by atoms with Crippen LogP contribution in [0.15, 0.2) is 36.4 Å². The van der Waals surface area contributed by atoms with Crippen LogP contribution < -0.4 is 9.47 Å². The molecule has 0 saturated carbocycles. The molecular weight excluding hydrogens is 501 g/mol.